The summed E-state index contributed by atoms with van der Waals surface area (Å²) in [6.45, 7) is 4.96. The van der Waals surface area contributed by atoms with Gasteiger partial charge in [0.05, 0.1) is 23.2 Å². The number of carbonyl (C=O) groups excluding carboxylic acids is 1. The van der Waals surface area contributed by atoms with E-state index < -0.39 is 0 Å². The normalized spacial score (nSPS) is 13.8. The summed E-state index contributed by atoms with van der Waals surface area (Å²) in [5.41, 5.74) is 2.36. The minimum absolute atomic E-state index is 0.00987. The molecule has 122 valence electrons. The lowest BCUT2D eigenvalue weighted by Crippen LogP contribution is -2.27. The number of aryl methyl sites for hydroxylation is 2. The standard InChI is InChI=1S/C17H16N4O2S/c1-9-10(2)24-16-14(9)15(22)19-13(20-16)5-7-21-8-12-11(17(21)23)4-3-6-18-12/h3-4,6H,5,7-8H2,1-2H3,(H,19,20,22). The SMILES string of the molecule is Cc1sc2nc(CCN3Cc4ncccc4C3=O)[nH]c(=O)c2c1C. The van der Waals surface area contributed by atoms with Crippen molar-refractivity contribution in [3.8, 4) is 0 Å². The molecule has 0 radical (unpaired) electrons. The maximum absolute atomic E-state index is 12.3. The van der Waals surface area contributed by atoms with Crippen LogP contribution in [0, 0.1) is 13.8 Å². The minimum atomic E-state index is -0.102. The van der Waals surface area contributed by atoms with Crippen LogP contribution in [0.5, 0.6) is 0 Å². The van der Waals surface area contributed by atoms with Gasteiger partial charge in [-0.05, 0) is 31.5 Å². The molecule has 0 saturated heterocycles. The second-order valence-electron chi connectivity index (χ2n) is 5.95. The largest absolute Gasteiger partial charge is 0.332 e. The first kappa shape index (κ1) is 15.0. The molecule has 6 nitrogen and oxygen atoms in total. The highest BCUT2D eigenvalue weighted by molar-refractivity contribution is 7.18. The Hall–Kier alpha value is -2.54. The van der Waals surface area contributed by atoms with E-state index in [1.807, 2.05) is 13.8 Å². The molecule has 1 aliphatic heterocycles. The molecule has 1 N–H and O–H groups in total. The molecular weight excluding hydrogens is 324 g/mol. The van der Waals surface area contributed by atoms with Gasteiger partial charge in [-0.1, -0.05) is 0 Å². The fourth-order valence-corrected chi connectivity index (χ4v) is 4.07. The molecule has 3 aromatic rings. The maximum atomic E-state index is 12.3. The van der Waals surface area contributed by atoms with Gasteiger partial charge in [-0.3, -0.25) is 14.6 Å². The van der Waals surface area contributed by atoms with Crippen LogP contribution >= 0.6 is 11.3 Å². The van der Waals surface area contributed by atoms with Crippen molar-refractivity contribution in [3.63, 3.8) is 0 Å². The predicted molar refractivity (Wildman–Crippen MR) is 92.4 cm³/mol. The summed E-state index contributed by atoms with van der Waals surface area (Å²) in [7, 11) is 0. The third kappa shape index (κ3) is 2.32. The Balaban J connectivity index is 1.56. The average molecular weight is 340 g/mol. The minimum Gasteiger partial charge on any atom is -0.332 e. The van der Waals surface area contributed by atoms with Crippen LogP contribution in [0.2, 0.25) is 0 Å². The molecule has 0 unspecified atom stereocenters. The van der Waals surface area contributed by atoms with E-state index >= 15 is 0 Å². The first-order chi connectivity index (χ1) is 11.5. The summed E-state index contributed by atoms with van der Waals surface area (Å²) >= 11 is 1.53. The number of aromatic nitrogens is 3. The summed E-state index contributed by atoms with van der Waals surface area (Å²) in [5.74, 6) is 0.606. The topological polar surface area (TPSA) is 79.0 Å². The van der Waals surface area contributed by atoms with Crippen molar-refractivity contribution in [2.75, 3.05) is 6.54 Å². The molecule has 0 aromatic carbocycles. The quantitative estimate of drug-likeness (QED) is 0.793. The van der Waals surface area contributed by atoms with Gasteiger partial charge in [0.25, 0.3) is 11.5 Å². The Morgan fingerprint density at radius 3 is 2.96 bits per heavy atom. The molecule has 4 rings (SSSR count). The Labute approximate surface area is 142 Å². The molecule has 24 heavy (non-hydrogen) atoms. The molecule has 7 heteroatoms. The van der Waals surface area contributed by atoms with Crippen molar-refractivity contribution in [2.45, 2.75) is 26.8 Å². The van der Waals surface area contributed by atoms with Crippen LogP contribution in [0.15, 0.2) is 23.1 Å². The van der Waals surface area contributed by atoms with Crippen LogP contribution in [0.3, 0.4) is 0 Å². The van der Waals surface area contributed by atoms with Crippen molar-refractivity contribution >= 4 is 27.5 Å². The lowest BCUT2D eigenvalue weighted by atomic mass is 10.2. The Bertz CT molecular complexity index is 1020. The van der Waals surface area contributed by atoms with E-state index in [0.29, 0.717) is 36.3 Å². The first-order valence-corrected chi connectivity index (χ1v) is 8.58. The van der Waals surface area contributed by atoms with Gasteiger partial charge >= 0.3 is 0 Å². The average Bonchev–Trinajstić information content (AvgIpc) is 3.03. The lowest BCUT2D eigenvalue weighted by molar-refractivity contribution is 0.0779. The summed E-state index contributed by atoms with van der Waals surface area (Å²) in [4.78, 5) is 39.9. The summed E-state index contributed by atoms with van der Waals surface area (Å²) in [6, 6.07) is 3.57. The smallest absolute Gasteiger partial charge is 0.259 e. The third-order valence-corrected chi connectivity index (χ3v) is 5.56. The Morgan fingerprint density at radius 2 is 2.17 bits per heavy atom. The van der Waals surface area contributed by atoms with Gasteiger partial charge in [-0.15, -0.1) is 11.3 Å². The Kier molecular flexibility index (Phi) is 3.45. The number of thiophene rings is 1. The van der Waals surface area contributed by atoms with Gasteiger partial charge < -0.3 is 9.88 Å². The van der Waals surface area contributed by atoms with Gasteiger partial charge in [-0.2, -0.15) is 0 Å². The first-order valence-electron chi connectivity index (χ1n) is 7.76. The summed E-state index contributed by atoms with van der Waals surface area (Å²) < 4.78 is 0. The molecule has 1 amide bonds. The van der Waals surface area contributed by atoms with Gasteiger partial charge in [0.2, 0.25) is 0 Å². The van der Waals surface area contributed by atoms with Crippen molar-refractivity contribution in [3.05, 3.63) is 56.2 Å². The van der Waals surface area contributed by atoms with E-state index in [4.69, 9.17) is 0 Å². The highest BCUT2D eigenvalue weighted by atomic mass is 32.1. The Morgan fingerprint density at radius 1 is 1.33 bits per heavy atom. The second kappa shape index (κ2) is 5.52. The fourth-order valence-electron chi connectivity index (χ4n) is 3.02. The van der Waals surface area contributed by atoms with Crippen LogP contribution in [0.1, 0.15) is 32.3 Å². The third-order valence-electron chi connectivity index (χ3n) is 4.46. The number of hydrogen-bond acceptors (Lipinski definition) is 5. The van der Waals surface area contributed by atoms with E-state index in [9.17, 15) is 9.59 Å². The molecule has 0 saturated carbocycles. The molecule has 0 fully saturated rings. The second-order valence-corrected chi connectivity index (χ2v) is 7.15. The van der Waals surface area contributed by atoms with Crippen LogP contribution in [-0.4, -0.2) is 32.3 Å². The zero-order chi connectivity index (χ0) is 16.8. The number of nitrogens with zero attached hydrogens (tertiary/aromatic N) is 3. The van der Waals surface area contributed by atoms with E-state index in [1.54, 1.807) is 23.2 Å². The number of nitrogens with one attached hydrogen (secondary N) is 1. The molecule has 0 atom stereocenters. The number of amides is 1. The molecule has 0 aliphatic carbocycles. The lowest BCUT2D eigenvalue weighted by Gasteiger charge is -2.14. The van der Waals surface area contributed by atoms with E-state index in [2.05, 4.69) is 15.0 Å². The zero-order valence-corrected chi connectivity index (χ0v) is 14.2. The van der Waals surface area contributed by atoms with Crippen LogP contribution < -0.4 is 5.56 Å². The molecule has 0 spiro atoms. The monoisotopic (exact) mass is 340 g/mol. The van der Waals surface area contributed by atoms with Gasteiger partial charge in [-0.25, -0.2) is 4.98 Å². The van der Waals surface area contributed by atoms with Gasteiger partial charge in [0.15, 0.2) is 0 Å². The predicted octanol–water partition coefficient (Wildman–Crippen LogP) is 2.19. The zero-order valence-electron chi connectivity index (χ0n) is 13.4. The van der Waals surface area contributed by atoms with Crippen molar-refractivity contribution < 1.29 is 4.79 Å². The van der Waals surface area contributed by atoms with Crippen molar-refractivity contribution in [1.82, 2.24) is 19.9 Å². The van der Waals surface area contributed by atoms with Crippen molar-refractivity contribution in [1.29, 1.82) is 0 Å². The molecule has 3 aromatic heterocycles. The molecule has 1 aliphatic rings. The maximum Gasteiger partial charge on any atom is 0.259 e. The van der Waals surface area contributed by atoms with E-state index in [-0.39, 0.29) is 11.5 Å². The number of hydrogen-bond donors (Lipinski definition) is 1. The molecule has 0 bridgehead atoms. The number of rotatable bonds is 3. The molecular formula is C17H16N4O2S. The highest BCUT2D eigenvalue weighted by Gasteiger charge is 2.27. The van der Waals surface area contributed by atoms with Crippen LogP contribution in [-0.2, 0) is 13.0 Å². The van der Waals surface area contributed by atoms with E-state index in [1.165, 1.54) is 11.3 Å². The summed E-state index contributed by atoms with van der Waals surface area (Å²) in [6.07, 6.45) is 2.21. The van der Waals surface area contributed by atoms with Gasteiger partial charge in [0.1, 0.15) is 10.7 Å². The summed E-state index contributed by atoms with van der Waals surface area (Å²) in [5, 5.41) is 0.676. The number of H-pyrrole nitrogens is 1. The van der Waals surface area contributed by atoms with E-state index in [0.717, 1.165) is 21.0 Å². The number of fused-ring (bicyclic) bond motifs is 2. The highest BCUT2D eigenvalue weighted by Crippen LogP contribution is 2.26. The fraction of sp³-hybridized carbons (Fsp3) is 0.294. The number of aromatic amines is 1. The van der Waals surface area contributed by atoms with Crippen LogP contribution in [0.4, 0.5) is 0 Å². The molecule has 4 heterocycles. The van der Waals surface area contributed by atoms with Gasteiger partial charge in [0, 0.05) is 24.0 Å². The number of pyridine rings is 1. The number of carbonyl (C=O) groups is 1. The van der Waals surface area contributed by atoms with Crippen molar-refractivity contribution in [2.24, 2.45) is 0 Å². The van der Waals surface area contributed by atoms with Crippen LogP contribution in [0.25, 0.3) is 10.2 Å².